The van der Waals surface area contributed by atoms with Crippen molar-refractivity contribution in [1.82, 2.24) is 0 Å². The van der Waals surface area contributed by atoms with Crippen molar-refractivity contribution < 1.29 is 9.90 Å². The third-order valence-electron chi connectivity index (χ3n) is 3.81. The van der Waals surface area contributed by atoms with Crippen LogP contribution in [-0.2, 0) is 0 Å². The average Bonchev–Trinajstić information content (AvgIpc) is 3.21. The molecule has 3 aromatic rings. The number of aliphatic imine (C=N–C) groups is 1. The summed E-state index contributed by atoms with van der Waals surface area (Å²) in [6.07, 6.45) is 0. The Hall–Kier alpha value is -1.66. The minimum atomic E-state index is -0.0260. The van der Waals surface area contributed by atoms with Crippen molar-refractivity contribution in [2.24, 2.45) is 4.99 Å². The van der Waals surface area contributed by atoms with E-state index in [0.29, 0.717) is 31.1 Å². The van der Waals surface area contributed by atoms with Gasteiger partial charge in [0.15, 0.2) is 5.78 Å². The van der Waals surface area contributed by atoms with Crippen LogP contribution in [0.4, 0.5) is 0 Å². The Morgan fingerprint density at radius 1 is 1.19 bits per heavy atom. The Labute approximate surface area is 169 Å². The van der Waals surface area contributed by atoms with Crippen LogP contribution in [0, 0.1) is 6.92 Å². The van der Waals surface area contributed by atoms with Crippen molar-refractivity contribution in [1.29, 1.82) is 0 Å². The van der Waals surface area contributed by atoms with Crippen molar-refractivity contribution >= 4 is 57.4 Å². The molecule has 0 saturated carbocycles. The summed E-state index contributed by atoms with van der Waals surface area (Å²) in [6, 6.07) is 8.95. The molecule has 0 bridgehead atoms. The molecule has 2 heterocycles. The van der Waals surface area contributed by atoms with E-state index in [9.17, 15) is 9.90 Å². The summed E-state index contributed by atoms with van der Waals surface area (Å²) in [5, 5.41) is 13.3. The second-order valence-corrected chi connectivity index (χ2v) is 8.67. The summed E-state index contributed by atoms with van der Waals surface area (Å²) < 4.78 is 0. The molecule has 3 rings (SSSR count). The van der Waals surface area contributed by atoms with E-state index in [-0.39, 0.29) is 18.1 Å². The summed E-state index contributed by atoms with van der Waals surface area (Å²) in [5.74, 6) is 0.107. The highest BCUT2D eigenvalue weighted by Gasteiger charge is 2.16. The zero-order valence-corrected chi connectivity index (χ0v) is 17.2. The van der Waals surface area contributed by atoms with Crippen LogP contribution < -0.4 is 0 Å². The van der Waals surface area contributed by atoms with Crippen LogP contribution in [-0.4, -0.2) is 23.1 Å². The number of hydrogen-bond acceptors (Lipinski definition) is 5. The highest BCUT2D eigenvalue weighted by Crippen LogP contribution is 2.40. The van der Waals surface area contributed by atoms with E-state index >= 15 is 0 Å². The standard InChI is InChI=1S/C19H15Cl2NO2S2/c1-10-3-6-17(26-10)16(23)8-22-11(2)13-9-25-19(18(13)24)12-4-5-14(20)15(21)7-12/h3-7,9,24H,8H2,1-2H3. The number of benzene rings is 1. The first-order valence-corrected chi connectivity index (χ1v) is 10.2. The van der Waals surface area contributed by atoms with Gasteiger partial charge in [-0.05, 0) is 43.7 Å². The van der Waals surface area contributed by atoms with Gasteiger partial charge < -0.3 is 5.11 Å². The smallest absolute Gasteiger partial charge is 0.194 e. The van der Waals surface area contributed by atoms with E-state index in [1.807, 2.05) is 24.4 Å². The molecule has 0 fully saturated rings. The van der Waals surface area contributed by atoms with Gasteiger partial charge in [-0.25, -0.2) is 0 Å². The van der Waals surface area contributed by atoms with Gasteiger partial charge in [-0.1, -0.05) is 29.3 Å². The predicted octanol–water partition coefficient (Wildman–Crippen LogP) is 6.49. The number of hydrogen-bond donors (Lipinski definition) is 1. The van der Waals surface area contributed by atoms with E-state index in [2.05, 4.69) is 4.99 Å². The molecule has 7 heteroatoms. The number of aromatic hydroxyl groups is 1. The Balaban J connectivity index is 1.82. The molecule has 0 amide bonds. The fraction of sp³-hybridized carbons (Fsp3) is 0.158. The van der Waals surface area contributed by atoms with Crippen molar-refractivity contribution in [3.8, 4) is 16.2 Å². The molecule has 1 aromatic carbocycles. The Morgan fingerprint density at radius 3 is 2.62 bits per heavy atom. The van der Waals surface area contributed by atoms with Crippen LogP contribution in [0.5, 0.6) is 5.75 Å². The van der Waals surface area contributed by atoms with Crippen LogP contribution in [0.1, 0.15) is 27.0 Å². The highest BCUT2D eigenvalue weighted by molar-refractivity contribution is 7.14. The minimum Gasteiger partial charge on any atom is -0.506 e. The maximum Gasteiger partial charge on any atom is 0.194 e. The Morgan fingerprint density at radius 2 is 1.96 bits per heavy atom. The number of nitrogens with zero attached hydrogens (tertiary/aromatic N) is 1. The van der Waals surface area contributed by atoms with Crippen molar-refractivity contribution in [2.45, 2.75) is 13.8 Å². The Bertz CT molecular complexity index is 1000. The predicted molar refractivity (Wildman–Crippen MR) is 112 cm³/mol. The molecule has 0 aliphatic rings. The van der Waals surface area contributed by atoms with Gasteiger partial charge in [0.05, 0.1) is 19.8 Å². The Kier molecular flexibility index (Phi) is 5.82. The molecule has 0 spiro atoms. The summed E-state index contributed by atoms with van der Waals surface area (Å²) in [7, 11) is 0. The van der Waals surface area contributed by atoms with Crippen LogP contribution >= 0.6 is 45.9 Å². The number of carbonyl (C=O) groups excluding carboxylic acids is 1. The number of carbonyl (C=O) groups is 1. The summed E-state index contributed by atoms with van der Waals surface area (Å²) in [4.78, 5) is 19.0. The molecule has 0 radical (unpaired) electrons. The van der Waals surface area contributed by atoms with E-state index < -0.39 is 0 Å². The number of ketones is 1. The lowest BCUT2D eigenvalue weighted by Gasteiger charge is -2.03. The normalized spacial score (nSPS) is 11.8. The molecule has 1 N–H and O–H groups in total. The molecule has 134 valence electrons. The minimum absolute atomic E-state index is 0.0260. The molecule has 0 atom stereocenters. The average molecular weight is 424 g/mol. The number of halogens is 2. The van der Waals surface area contributed by atoms with Crippen molar-refractivity contribution in [3.05, 3.63) is 61.1 Å². The van der Waals surface area contributed by atoms with E-state index in [4.69, 9.17) is 23.2 Å². The molecule has 2 aromatic heterocycles. The van der Waals surface area contributed by atoms with Gasteiger partial charge in [0, 0.05) is 21.5 Å². The van der Waals surface area contributed by atoms with Gasteiger partial charge in [-0.15, -0.1) is 22.7 Å². The lowest BCUT2D eigenvalue weighted by Crippen LogP contribution is -2.04. The first kappa shape index (κ1) is 19.1. The monoisotopic (exact) mass is 423 g/mol. The fourth-order valence-corrected chi connectivity index (χ4v) is 4.49. The maximum absolute atomic E-state index is 12.2. The molecule has 0 aliphatic carbocycles. The number of thiophene rings is 2. The van der Waals surface area contributed by atoms with Gasteiger partial charge in [0.25, 0.3) is 0 Å². The third-order valence-corrected chi connectivity index (χ3v) is 6.61. The van der Waals surface area contributed by atoms with E-state index in [0.717, 1.165) is 10.4 Å². The molecular weight excluding hydrogens is 409 g/mol. The molecule has 0 unspecified atom stereocenters. The van der Waals surface area contributed by atoms with Crippen molar-refractivity contribution in [2.75, 3.05) is 6.54 Å². The second kappa shape index (κ2) is 7.92. The van der Waals surface area contributed by atoms with Gasteiger partial charge in [-0.3, -0.25) is 9.79 Å². The zero-order chi connectivity index (χ0) is 18.8. The van der Waals surface area contributed by atoms with Crippen molar-refractivity contribution in [3.63, 3.8) is 0 Å². The molecule has 0 saturated heterocycles. The van der Waals surface area contributed by atoms with Crippen LogP contribution in [0.2, 0.25) is 10.0 Å². The summed E-state index contributed by atoms with van der Waals surface area (Å²) in [6.45, 7) is 3.81. The second-order valence-electron chi connectivity index (χ2n) is 5.69. The molecule has 0 aliphatic heterocycles. The van der Waals surface area contributed by atoms with Gasteiger partial charge >= 0.3 is 0 Å². The maximum atomic E-state index is 12.2. The van der Waals surface area contributed by atoms with Crippen LogP contribution in [0.25, 0.3) is 10.4 Å². The molecular formula is C19H15Cl2NO2S2. The first-order chi connectivity index (χ1) is 12.4. The highest BCUT2D eigenvalue weighted by atomic mass is 35.5. The quantitative estimate of drug-likeness (QED) is 0.376. The van der Waals surface area contributed by atoms with Crippen LogP contribution in [0.3, 0.4) is 0 Å². The summed E-state index contributed by atoms with van der Waals surface area (Å²) in [5.41, 5.74) is 2.02. The zero-order valence-electron chi connectivity index (χ0n) is 14.0. The van der Waals surface area contributed by atoms with E-state index in [1.54, 1.807) is 25.1 Å². The van der Waals surface area contributed by atoms with Gasteiger partial charge in [0.1, 0.15) is 12.3 Å². The number of rotatable bonds is 5. The van der Waals surface area contributed by atoms with Gasteiger partial charge in [-0.2, -0.15) is 0 Å². The third kappa shape index (κ3) is 4.01. The van der Waals surface area contributed by atoms with E-state index in [1.165, 1.54) is 22.7 Å². The lowest BCUT2D eigenvalue weighted by molar-refractivity contribution is 0.101. The molecule has 26 heavy (non-hydrogen) atoms. The number of aryl methyl sites for hydroxylation is 1. The van der Waals surface area contributed by atoms with Crippen LogP contribution in [0.15, 0.2) is 40.7 Å². The topological polar surface area (TPSA) is 49.7 Å². The SMILES string of the molecule is CC(=NCC(=O)c1ccc(C)s1)c1csc(-c2ccc(Cl)c(Cl)c2)c1O. The fourth-order valence-electron chi connectivity index (χ4n) is 2.39. The number of Topliss-reactive ketones (excluding diaryl/α,β-unsaturated/α-hetero) is 1. The lowest BCUT2D eigenvalue weighted by atomic mass is 10.1. The molecule has 3 nitrogen and oxygen atoms in total. The summed E-state index contributed by atoms with van der Waals surface area (Å²) >= 11 is 14.9. The van der Waals surface area contributed by atoms with Gasteiger partial charge in [0.2, 0.25) is 0 Å². The first-order valence-electron chi connectivity index (χ1n) is 7.73. The largest absolute Gasteiger partial charge is 0.506 e.